The van der Waals surface area contributed by atoms with Crippen LogP contribution in [-0.4, -0.2) is 33.6 Å². The van der Waals surface area contributed by atoms with Crippen molar-refractivity contribution < 1.29 is 4.79 Å². The van der Waals surface area contributed by atoms with Gasteiger partial charge < -0.3 is 10.6 Å². The van der Waals surface area contributed by atoms with Gasteiger partial charge in [-0.2, -0.15) is 5.10 Å². The van der Waals surface area contributed by atoms with E-state index in [2.05, 4.69) is 17.1 Å². The van der Waals surface area contributed by atoms with Gasteiger partial charge >= 0.3 is 0 Å². The second kappa shape index (κ2) is 5.46. The number of carbonyl (C=O) groups is 1. The molecule has 0 aromatic carbocycles. The van der Waals surface area contributed by atoms with Crippen LogP contribution in [0.2, 0.25) is 0 Å². The molecule has 1 aliphatic carbocycles. The number of carbonyl (C=O) groups excluding carboxylic acids is 1. The second-order valence-electron chi connectivity index (χ2n) is 6.11. The first-order valence-electron chi connectivity index (χ1n) is 7.86. The Morgan fingerprint density at radius 2 is 2.20 bits per heavy atom. The highest BCUT2D eigenvalue weighted by atomic mass is 16.2. The van der Waals surface area contributed by atoms with E-state index in [0.29, 0.717) is 23.3 Å². The van der Waals surface area contributed by atoms with Crippen molar-refractivity contribution in [1.29, 1.82) is 0 Å². The maximum absolute atomic E-state index is 12.7. The summed E-state index contributed by atoms with van der Waals surface area (Å²) in [5.41, 5.74) is 7.97. The van der Waals surface area contributed by atoms with Crippen LogP contribution < -0.4 is 5.73 Å². The van der Waals surface area contributed by atoms with Gasteiger partial charge in [0.1, 0.15) is 0 Å². The number of nitrogen functional groups attached to an aromatic ring is 1. The third-order valence-electron chi connectivity index (χ3n) is 4.86. The summed E-state index contributed by atoms with van der Waals surface area (Å²) in [5.74, 6) is 0.721. The molecular formula is C15H24N4O. The fraction of sp³-hybridized carbons (Fsp3) is 0.733. The number of rotatable bonds is 3. The lowest BCUT2D eigenvalue weighted by Gasteiger charge is -2.31. The number of aromatic nitrogens is 2. The van der Waals surface area contributed by atoms with Crippen LogP contribution in [0, 0.1) is 5.92 Å². The highest BCUT2D eigenvalue weighted by Crippen LogP contribution is 2.37. The van der Waals surface area contributed by atoms with Crippen LogP contribution in [0.1, 0.15) is 61.6 Å². The van der Waals surface area contributed by atoms with Gasteiger partial charge in [-0.3, -0.25) is 9.89 Å². The molecule has 5 nitrogen and oxygen atoms in total. The van der Waals surface area contributed by atoms with E-state index in [4.69, 9.17) is 5.73 Å². The van der Waals surface area contributed by atoms with Gasteiger partial charge in [0.2, 0.25) is 0 Å². The molecule has 3 rings (SSSR count). The summed E-state index contributed by atoms with van der Waals surface area (Å²) >= 11 is 0. The predicted molar refractivity (Wildman–Crippen MR) is 78.4 cm³/mol. The van der Waals surface area contributed by atoms with E-state index in [-0.39, 0.29) is 5.91 Å². The van der Waals surface area contributed by atoms with Gasteiger partial charge in [0, 0.05) is 12.6 Å². The van der Waals surface area contributed by atoms with Crippen molar-refractivity contribution in [2.45, 2.75) is 57.9 Å². The topological polar surface area (TPSA) is 75.0 Å². The zero-order valence-corrected chi connectivity index (χ0v) is 12.2. The summed E-state index contributed by atoms with van der Waals surface area (Å²) in [6.45, 7) is 2.96. The number of nitrogens with one attached hydrogen (secondary N) is 1. The lowest BCUT2D eigenvalue weighted by molar-refractivity contribution is 0.0685. The first-order valence-corrected chi connectivity index (χ1v) is 7.86. The fourth-order valence-corrected chi connectivity index (χ4v) is 3.78. The monoisotopic (exact) mass is 276 g/mol. The summed E-state index contributed by atoms with van der Waals surface area (Å²) in [6.07, 6.45) is 7.94. The standard InChI is InChI=1S/C15H24N4O/c1-2-5-11-13(16)14(18-17-11)15(20)19-9-8-10-6-3-4-7-12(10)19/h10,12H,2-9,16H2,1H3,(H,17,18). The van der Waals surface area contributed by atoms with Gasteiger partial charge in [0.25, 0.3) is 5.91 Å². The maximum atomic E-state index is 12.7. The van der Waals surface area contributed by atoms with Crippen LogP contribution >= 0.6 is 0 Å². The number of aromatic amines is 1. The fourth-order valence-electron chi connectivity index (χ4n) is 3.78. The van der Waals surface area contributed by atoms with Gasteiger partial charge in [0.15, 0.2) is 5.69 Å². The van der Waals surface area contributed by atoms with E-state index in [9.17, 15) is 4.79 Å². The molecule has 0 spiro atoms. The quantitative estimate of drug-likeness (QED) is 0.889. The number of hydrogen-bond donors (Lipinski definition) is 2. The molecule has 110 valence electrons. The molecule has 2 heterocycles. The number of amides is 1. The Kier molecular flexibility index (Phi) is 3.68. The number of nitrogens with two attached hydrogens (primary N) is 1. The summed E-state index contributed by atoms with van der Waals surface area (Å²) in [4.78, 5) is 14.7. The molecular weight excluding hydrogens is 252 g/mol. The molecule has 1 aromatic rings. The molecule has 1 amide bonds. The Morgan fingerprint density at radius 1 is 1.40 bits per heavy atom. The van der Waals surface area contributed by atoms with Crippen LogP contribution in [0.4, 0.5) is 5.69 Å². The summed E-state index contributed by atoms with van der Waals surface area (Å²) in [6, 6.07) is 0.418. The zero-order chi connectivity index (χ0) is 14.1. The second-order valence-corrected chi connectivity index (χ2v) is 6.11. The predicted octanol–water partition coefficient (Wildman–Crippen LogP) is 2.35. The van der Waals surface area contributed by atoms with E-state index in [1.165, 1.54) is 19.3 Å². The van der Waals surface area contributed by atoms with Crippen molar-refractivity contribution in [1.82, 2.24) is 15.1 Å². The van der Waals surface area contributed by atoms with E-state index in [0.717, 1.165) is 37.9 Å². The lowest BCUT2D eigenvalue weighted by Crippen LogP contribution is -2.39. The largest absolute Gasteiger partial charge is 0.395 e. The SMILES string of the molecule is CCCc1[nH]nc(C(=O)N2CCC3CCCCC32)c1N. The minimum atomic E-state index is 0.0236. The van der Waals surface area contributed by atoms with E-state index in [1.54, 1.807) is 0 Å². The zero-order valence-electron chi connectivity index (χ0n) is 12.2. The highest BCUT2D eigenvalue weighted by Gasteiger charge is 2.39. The molecule has 0 bridgehead atoms. The molecule has 5 heteroatoms. The Morgan fingerprint density at radius 3 is 3.00 bits per heavy atom. The number of aryl methyl sites for hydroxylation is 1. The van der Waals surface area contributed by atoms with Crippen molar-refractivity contribution >= 4 is 11.6 Å². The Balaban J connectivity index is 1.79. The third-order valence-corrected chi connectivity index (χ3v) is 4.86. The van der Waals surface area contributed by atoms with Crippen LogP contribution in [0.3, 0.4) is 0 Å². The summed E-state index contributed by atoms with van der Waals surface area (Å²) < 4.78 is 0. The molecule has 1 saturated heterocycles. The van der Waals surface area contributed by atoms with Crippen LogP contribution in [-0.2, 0) is 6.42 Å². The smallest absolute Gasteiger partial charge is 0.276 e. The molecule has 1 aliphatic heterocycles. The Bertz CT molecular complexity index is 496. The molecule has 1 saturated carbocycles. The minimum Gasteiger partial charge on any atom is -0.395 e. The highest BCUT2D eigenvalue weighted by molar-refractivity contribution is 5.98. The van der Waals surface area contributed by atoms with Gasteiger partial charge in [-0.05, 0) is 31.6 Å². The van der Waals surface area contributed by atoms with Gasteiger partial charge in [0.05, 0.1) is 11.4 Å². The van der Waals surface area contributed by atoms with Gasteiger partial charge in [-0.25, -0.2) is 0 Å². The first kappa shape index (κ1) is 13.5. The first-order chi connectivity index (χ1) is 9.72. The minimum absolute atomic E-state index is 0.0236. The molecule has 2 atom stereocenters. The number of likely N-dealkylation sites (tertiary alicyclic amines) is 1. The van der Waals surface area contributed by atoms with Crippen LogP contribution in [0.25, 0.3) is 0 Å². The number of nitrogens with zero attached hydrogens (tertiary/aromatic N) is 2. The Labute approximate surface area is 119 Å². The van der Waals surface area contributed by atoms with Crippen LogP contribution in [0.15, 0.2) is 0 Å². The molecule has 3 N–H and O–H groups in total. The number of hydrogen-bond acceptors (Lipinski definition) is 3. The van der Waals surface area contributed by atoms with E-state index < -0.39 is 0 Å². The van der Waals surface area contributed by atoms with Gasteiger partial charge in [-0.1, -0.05) is 26.2 Å². The number of fused-ring (bicyclic) bond motifs is 1. The van der Waals surface area contributed by atoms with Gasteiger partial charge in [-0.15, -0.1) is 0 Å². The van der Waals surface area contributed by atoms with Crippen molar-refractivity contribution in [2.24, 2.45) is 5.92 Å². The van der Waals surface area contributed by atoms with Crippen molar-refractivity contribution in [3.63, 3.8) is 0 Å². The normalized spacial score (nSPS) is 25.8. The average Bonchev–Trinajstić information content (AvgIpc) is 3.04. The molecule has 2 unspecified atom stereocenters. The summed E-state index contributed by atoms with van der Waals surface area (Å²) in [7, 11) is 0. The average molecular weight is 276 g/mol. The Hall–Kier alpha value is -1.52. The molecule has 1 aromatic heterocycles. The molecule has 0 radical (unpaired) electrons. The lowest BCUT2D eigenvalue weighted by atomic mass is 9.85. The van der Waals surface area contributed by atoms with Crippen LogP contribution in [0.5, 0.6) is 0 Å². The molecule has 2 fully saturated rings. The van der Waals surface area contributed by atoms with Crippen molar-refractivity contribution in [3.05, 3.63) is 11.4 Å². The number of anilines is 1. The maximum Gasteiger partial charge on any atom is 0.276 e. The molecule has 2 aliphatic rings. The van der Waals surface area contributed by atoms with E-state index >= 15 is 0 Å². The third kappa shape index (κ3) is 2.19. The van der Waals surface area contributed by atoms with Crippen molar-refractivity contribution in [3.8, 4) is 0 Å². The molecule has 20 heavy (non-hydrogen) atoms. The van der Waals surface area contributed by atoms with E-state index in [1.807, 2.05) is 4.90 Å². The summed E-state index contributed by atoms with van der Waals surface area (Å²) in [5, 5.41) is 7.10. The van der Waals surface area contributed by atoms with Crippen molar-refractivity contribution in [2.75, 3.05) is 12.3 Å². The number of H-pyrrole nitrogens is 1.